The average molecular weight is 289 g/mol. The van der Waals surface area contributed by atoms with Gasteiger partial charge in [0.1, 0.15) is 0 Å². The Morgan fingerprint density at radius 3 is 2.65 bits per heavy atom. The fourth-order valence-electron chi connectivity index (χ4n) is 2.53. The summed E-state index contributed by atoms with van der Waals surface area (Å²) in [6.45, 7) is 1.63. The van der Waals surface area contributed by atoms with Crippen LogP contribution in [-0.4, -0.2) is 17.6 Å². The first kappa shape index (κ1) is 13.6. The number of halogens is 1. The van der Waals surface area contributed by atoms with Gasteiger partial charge in [0.25, 0.3) is 0 Å². The van der Waals surface area contributed by atoms with E-state index in [0.717, 1.165) is 24.6 Å². The summed E-state index contributed by atoms with van der Waals surface area (Å²) >= 11 is 5.93. The number of benzene rings is 1. The molecule has 3 rings (SSSR count). The lowest BCUT2D eigenvalue weighted by atomic mass is 10.0. The molecule has 1 aliphatic heterocycles. The third-order valence-corrected chi connectivity index (χ3v) is 3.86. The summed E-state index contributed by atoms with van der Waals surface area (Å²) < 4.78 is 5.86. The zero-order chi connectivity index (χ0) is 13.8. The van der Waals surface area contributed by atoms with Crippen molar-refractivity contribution in [1.29, 1.82) is 0 Å². The van der Waals surface area contributed by atoms with Crippen molar-refractivity contribution < 1.29 is 4.74 Å². The van der Waals surface area contributed by atoms with Crippen LogP contribution in [0.15, 0.2) is 48.8 Å². The molecule has 0 bridgehead atoms. The first-order valence-electron chi connectivity index (χ1n) is 6.82. The maximum absolute atomic E-state index is 5.93. The molecule has 0 amide bonds. The van der Waals surface area contributed by atoms with Crippen LogP contribution < -0.4 is 5.32 Å². The highest BCUT2D eigenvalue weighted by atomic mass is 35.5. The van der Waals surface area contributed by atoms with E-state index in [2.05, 4.69) is 10.3 Å². The molecule has 2 heterocycles. The summed E-state index contributed by atoms with van der Waals surface area (Å²) in [5.74, 6) is 0. The first-order chi connectivity index (χ1) is 9.83. The molecule has 4 heteroatoms. The molecule has 0 aliphatic carbocycles. The molecular formula is C16H17ClN2O. The van der Waals surface area contributed by atoms with E-state index in [1.165, 1.54) is 11.1 Å². The molecule has 104 valence electrons. The van der Waals surface area contributed by atoms with Crippen LogP contribution in [0, 0.1) is 0 Å². The van der Waals surface area contributed by atoms with E-state index in [1.807, 2.05) is 48.8 Å². The Morgan fingerprint density at radius 1 is 1.15 bits per heavy atom. The van der Waals surface area contributed by atoms with Gasteiger partial charge in [0, 0.05) is 36.6 Å². The van der Waals surface area contributed by atoms with Crippen molar-refractivity contribution >= 4 is 11.6 Å². The van der Waals surface area contributed by atoms with Crippen molar-refractivity contribution in [2.45, 2.75) is 25.1 Å². The zero-order valence-corrected chi connectivity index (χ0v) is 11.9. The Hall–Kier alpha value is -1.42. The molecule has 20 heavy (non-hydrogen) atoms. The quantitative estimate of drug-likeness (QED) is 0.937. The summed E-state index contributed by atoms with van der Waals surface area (Å²) in [7, 11) is 0. The topological polar surface area (TPSA) is 34.1 Å². The molecule has 0 radical (unpaired) electrons. The molecular weight excluding hydrogens is 272 g/mol. The largest absolute Gasteiger partial charge is 0.372 e. The normalized spacial score (nSPS) is 22.1. The van der Waals surface area contributed by atoms with Crippen LogP contribution in [0.2, 0.25) is 5.02 Å². The van der Waals surface area contributed by atoms with Gasteiger partial charge in [0.05, 0.1) is 6.10 Å². The summed E-state index contributed by atoms with van der Waals surface area (Å²) in [4.78, 5) is 4.03. The fraction of sp³-hybridized carbons (Fsp3) is 0.312. The van der Waals surface area contributed by atoms with Crippen molar-refractivity contribution in [3.05, 3.63) is 64.9 Å². The van der Waals surface area contributed by atoms with Crippen molar-refractivity contribution in [2.75, 3.05) is 6.61 Å². The number of nitrogens with zero attached hydrogens (tertiary/aromatic N) is 1. The molecule has 0 saturated carbocycles. The lowest BCUT2D eigenvalue weighted by molar-refractivity contribution is 0.0985. The van der Waals surface area contributed by atoms with Gasteiger partial charge in [0.15, 0.2) is 0 Å². The number of hydrogen-bond donors (Lipinski definition) is 1. The van der Waals surface area contributed by atoms with E-state index in [-0.39, 0.29) is 6.10 Å². The molecule has 1 aromatic heterocycles. The smallest absolute Gasteiger partial charge is 0.0978 e. The number of pyridine rings is 1. The Bertz CT molecular complexity index is 544. The second-order valence-corrected chi connectivity index (χ2v) is 5.41. The van der Waals surface area contributed by atoms with E-state index >= 15 is 0 Å². The summed E-state index contributed by atoms with van der Waals surface area (Å²) in [6, 6.07) is 12.3. The van der Waals surface area contributed by atoms with Crippen LogP contribution >= 0.6 is 11.6 Å². The highest BCUT2D eigenvalue weighted by molar-refractivity contribution is 6.30. The lowest BCUT2D eigenvalue weighted by Crippen LogP contribution is -2.31. The number of nitrogens with one attached hydrogen (secondary N) is 1. The Labute approximate surface area is 123 Å². The highest BCUT2D eigenvalue weighted by Gasteiger charge is 2.29. The molecule has 1 aromatic carbocycles. The van der Waals surface area contributed by atoms with Crippen molar-refractivity contribution in [2.24, 2.45) is 0 Å². The molecule has 0 unspecified atom stereocenters. The monoisotopic (exact) mass is 288 g/mol. The van der Waals surface area contributed by atoms with Gasteiger partial charge in [-0.1, -0.05) is 23.7 Å². The minimum Gasteiger partial charge on any atom is -0.372 e. The van der Waals surface area contributed by atoms with Crippen LogP contribution in [-0.2, 0) is 11.3 Å². The van der Waals surface area contributed by atoms with Gasteiger partial charge in [-0.3, -0.25) is 4.98 Å². The van der Waals surface area contributed by atoms with Gasteiger partial charge in [-0.15, -0.1) is 0 Å². The Morgan fingerprint density at radius 2 is 1.90 bits per heavy atom. The Kier molecular flexibility index (Phi) is 4.31. The van der Waals surface area contributed by atoms with E-state index < -0.39 is 0 Å². The summed E-state index contributed by atoms with van der Waals surface area (Å²) in [5, 5.41) is 4.33. The highest BCUT2D eigenvalue weighted by Crippen LogP contribution is 2.30. The summed E-state index contributed by atoms with van der Waals surface area (Å²) in [5.41, 5.74) is 2.42. The third kappa shape index (κ3) is 3.18. The van der Waals surface area contributed by atoms with E-state index in [0.29, 0.717) is 6.04 Å². The molecule has 1 saturated heterocycles. The van der Waals surface area contributed by atoms with Gasteiger partial charge in [-0.2, -0.15) is 0 Å². The Balaban J connectivity index is 1.65. The third-order valence-electron chi connectivity index (χ3n) is 3.61. The second-order valence-electron chi connectivity index (χ2n) is 4.97. The predicted molar refractivity (Wildman–Crippen MR) is 79.6 cm³/mol. The number of rotatable bonds is 4. The van der Waals surface area contributed by atoms with Crippen LogP contribution in [0.5, 0.6) is 0 Å². The predicted octanol–water partition coefficient (Wildman–Crippen LogP) is 3.35. The molecule has 2 atom stereocenters. The molecule has 2 aromatic rings. The van der Waals surface area contributed by atoms with Gasteiger partial charge < -0.3 is 10.1 Å². The van der Waals surface area contributed by atoms with E-state index in [4.69, 9.17) is 16.3 Å². The number of hydrogen-bond acceptors (Lipinski definition) is 3. The maximum Gasteiger partial charge on any atom is 0.0978 e. The molecule has 1 fully saturated rings. The minimum atomic E-state index is 0.106. The lowest BCUT2D eigenvalue weighted by Gasteiger charge is -2.20. The average Bonchev–Trinajstić information content (AvgIpc) is 2.95. The number of aromatic nitrogens is 1. The van der Waals surface area contributed by atoms with Crippen molar-refractivity contribution in [1.82, 2.24) is 10.3 Å². The number of ether oxygens (including phenoxy) is 1. The van der Waals surface area contributed by atoms with Crippen molar-refractivity contribution in [3.63, 3.8) is 0 Å². The van der Waals surface area contributed by atoms with Gasteiger partial charge in [0.2, 0.25) is 0 Å². The van der Waals surface area contributed by atoms with E-state index in [1.54, 1.807) is 0 Å². The standard InChI is InChI=1S/C16H17ClN2O/c17-14-3-1-13(2-4-14)16-15(7-10-20-16)19-11-12-5-8-18-9-6-12/h1-6,8-9,15-16,19H,7,10-11H2/t15-,16+/m1/s1. The molecule has 1 N–H and O–H groups in total. The maximum atomic E-state index is 5.93. The summed E-state index contributed by atoms with van der Waals surface area (Å²) in [6.07, 6.45) is 4.77. The fourth-order valence-corrected chi connectivity index (χ4v) is 2.66. The second kappa shape index (κ2) is 6.35. The van der Waals surface area contributed by atoms with Crippen LogP contribution in [0.25, 0.3) is 0 Å². The van der Waals surface area contributed by atoms with Crippen LogP contribution in [0.1, 0.15) is 23.7 Å². The van der Waals surface area contributed by atoms with Gasteiger partial charge in [-0.25, -0.2) is 0 Å². The van der Waals surface area contributed by atoms with Crippen LogP contribution in [0.4, 0.5) is 0 Å². The van der Waals surface area contributed by atoms with Crippen LogP contribution in [0.3, 0.4) is 0 Å². The molecule has 1 aliphatic rings. The minimum absolute atomic E-state index is 0.106. The van der Waals surface area contributed by atoms with Gasteiger partial charge >= 0.3 is 0 Å². The molecule has 3 nitrogen and oxygen atoms in total. The SMILES string of the molecule is Clc1ccc([C@@H]2OCC[C@H]2NCc2ccncc2)cc1. The van der Waals surface area contributed by atoms with Gasteiger partial charge in [-0.05, 0) is 41.8 Å². The zero-order valence-electron chi connectivity index (χ0n) is 11.1. The van der Waals surface area contributed by atoms with E-state index in [9.17, 15) is 0 Å². The first-order valence-corrected chi connectivity index (χ1v) is 7.20. The molecule has 0 spiro atoms. The van der Waals surface area contributed by atoms with Crippen molar-refractivity contribution in [3.8, 4) is 0 Å².